The van der Waals surface area contributed by atoms with Crippen molar-refractivity contribution in [1.29, 1.82) is 0 Å². The van der Waals surface area contributed by atoms with Crippen molar-refractivity contribution >= 4 is 70.9 Å². The highest BCUT2D eigenvalue weighted by Crippen LogP contribution is 2.48. The van der Waals surface area contributed by atoms with E-state index >= 15 is 0 Å². The number of anilines is 3. The fourth-order valence-electron chi connectivity index (χ4n) is 9.02. The molecule has 0 bridgehead atoms. The van der Waals surface area contributed by atoms with E-state index in [4.69, 9.17) is 0 Å². The molecule has 0 amide bonds. The van der Waals surface area contributed by atoms with Crippen LogP contribution in [-0.2, 0) is 0 Å². The van der Waals surface area contributed by atoms with Gasteiger partial charge in [0.05, 0.1) is 11.4 Å². The minimum absolute atomic E-state index is 1.09. The van der Waals surface area contributed by atoms with Gasteiger partial charge in [-0.25, -0.2) is 0 Å². The highest BCUT2D eigenvalue weighted by Gasteiger charge is 2.23. The quantitative estimate of drug-likeness (QED) is 0.154. The van der Waals surface area contributed by atoms with Gasteiger partial charge in [-0.3, -0.25) is 0 Å². The fourth-order valence-corrected chi connectivity index (χ4v) is 9.02. The van der Waals surface area contributed by atoms with Crippen LogP contribution in [-0.4, -0.2) is 0 Å². The lowest BCUT2D eigenvalue weighted by molar-refractivity contribution is 1.30. The first-order valence-corrected chi connectivity index (χ1v) is 19.7. The Labute approximate surface area is 332 Å². The maximum atomic E-state index is 2.48. The Morgan fingerprint density at radius 3 is 1.58 bits per heavy atom. The third kappa shape index (κ3) is 5.55. The zero-order valence-corrected chi connectivity index (χ0v) is 31.3. The average Bonchev–Trinajstić information content (AvgIpc) is 3.29. The van der Waals surface area contributed by atoms with Crippen LogP contribution in [0.1, 0.15) is 0 Å². The van der Waals surface area contributed by atoms with Crippen LogP contribution in [0.5, 0.6) is 0 Å². The van der Waals surface area contributed by atoms with Crippen LogP contribution in [0.2, 0.25) is 0 Å². The van der Waals surface area contributed by atoms with Gasteiger partial charge in [0, 0.05) is 16.6 Å². The summed E-state index contributed by atoms with van der Waals surface area (Å²) in [6.07, 6.45) is 0. The van der Waals surface area contributed by atoms with E-state index in [0.29, 0.717) is 0 Å². The molecule has 0 fully saturated rings. The van der Waals surface area contributed by atoms with Gasteiger partial charge in [0.2, 0.25) is 0 Å². The summed E-state index contributed by atoms with van der Waals surface area (Å²) in [6.45, 7) is 0. The molecular weight excluding hydrogens is 687 g/mol. The van der Waals surface area contributed by atoms with Crippen molar-refractivity contribution in [2.45, 2.75) is 0 Å². The van der Waals surface area contributed by atoms with Gasteiger partial charge in [0.25, 0.3) is 0 Å². The standard InChI is InChI=1S/C56H37N/c1-3-17-38(18-4-1)45-24-15-16-30-54(45)57(55-36-41-22-8-9-23-44(41)47-26-11-13-28-50(47)55)43-33-34-49(52(37-43)39-19-5-2-6-20-39)53-35-42-32-31-40-21-7-10-25-46(40)56(42)51-29-14-12-27-48(51)53/h1-37H. The number of hydrogen-bond acceptors (Lipinski definition) is 1. The second-order valence-electron chi connectivity index (χ2n) is 14.8. The van der Waals surface area contributed by atoms with E-state index in [0.717, 1.165) is 17.1 Å². The molecule has 0 saturated heterocycles. The fraction of sp³-hybridized carbons (Fsp3) is 0. The normalized spacial score (nSPS) is 11.5. The SMILES string of the molecule is c1ccc(-c2cc(N(c3ccccc3-c3ccccc3)c3cc4ccccc4c4ccccc34)ccc2-c2cc3ccc4ccccc4c3c3ccccc23)cc1. The minimum atomic E-state index is 1.09. The van der Waals surface area contributed by atoms with E-state index in [1.54, 1.807) is 0 Å². The molecule has 0 atom stereocenters. The lowest BCUT2D eigenvalue weighted by atomic mass is 9.87. The summed E-state index contributed by atoms with van der Waals surface area (Å²) in [5.74, 6) is 0. The van der Waals surface area contributed by atoms with Gasteiger partial charge in [0.15, 0.2) is 0 Å². The molecule has 11 rings (SSSR count). The second-order valence-corrected chi connectivity index (χ2v) is 14.8. The third-order valence-corrected chi connectivity index (χ3v) is 11.6. The molecular formula is C56H37N. The minimum Gasteiger partial charge on any atom is -0.309 e. The highest BCUT2D eigenvalue weighted by atomic mass is 15.1. The molecule has 0 N–H and O–H groups in total. The van der Waals surface area contributed by atoms with Crippen molar-refractivity contribution < 1.29 is 0 Å². The molecule has 0 saturated carbocycles. The first-order chi connectivity index (χ1) is 28.3. The number of hydrogen-bond donors (Lipinski definition) is 0. The van der Waals surface area contributed by atoms with Gasteiger partial charge >= 0.3 is 0 Å². The van der Waals surface area contributed by atoms with Gasteiger partial charge in [-0.1, -0.05) is 194 Å². The smallest absolute Gasteiger partial charge is 0.0546 e. The van der Waals surface area contributed by atoms with Crippen LogP contribution in [0.4, 0.5) is 17.1 Å². The summed E-state index contributed by atoms with van der Waals surface area (Å²) in [5, 5.41) is 12.5. The second kappa shape index (κ2) is 13.7. The van der Waals surface area contributed by atoms with Gasteiger partial charge < -0.3 is 4.90 Å². The summed E-state index contributed by atoms with van der Waals surface area (Å²) >= 11 is 0. The van der Waals surface area contributed by atoms with Crippen molar-refractivity contribution in [2.75, 3.05) is 4.90 Å². The molecule has 11 aromatic rings. The Bertz CT molecular complexity index is 3290. The van der Waals surface area contributed by atoms with Gasteiger partial charge in [-0.15, -0.1) is 0 Å². The van der Waals surface area contributed by atoms with E-state index < -0.39 is 0 Å². The number of rotatable bonds is 6. The van der Waals surface area contributed by atoms with Crippen LogP contribution in [0.15, 0.2) is 224 Å². The largest absolute Gasteiger partial charge is 0.309 e. The lowest BCUT2D eigenvalue weighted by Gasteiger charge is -2.30. The average molecular weight is 724 g/mol. The van der Waals surface area contributed by atoms with Crippen LogP contribution in [0.25, 0.3) is 87.2 Å². The number of nitrogens with zero attached hydrogens (tertiary/aromatic N) is 1. The van der Waals surface area contributed by atoms with E-state index in [1.165, 1.54) is 87.2 Å². The van der Waals surface area contributed by atoms with Crippen molar-refractivity contribution in [2.24, 2.45) is 0 Å². The summed E-state index contributed by atoms with van der Waals surface area (Å²) in [4.78, 5) is 2.48. The molecule has 0 aliphatic rings. The van der Waals surface area contributed by atoms with Gasteiger partial charge in [-0.2, -0.15) is 0 Å². The molecule has 1 nitrogen and oxygen atoms in total. The first kappa shape index (κ1) is 32.9. The molecule has 0 aromatic heterocycles. The van der Waals surface area contributed by atoms with Gasteiger partial charge in [0.1, 0.15) is 0 Å². The Balaban J connectivity index is 1.22. The van der Waals surface area contributed by atoms with Crippen LogP contribution < -0.4 is 4.90 Å². The van der Waals surface area contributed by atoms with E-state index in [2.05, 4.69) is 229 Å². The molecule has 0 aliphatic carbocycles. The third-order valence-electron chi connectivity index (χ3n) is 11.6. The zero-order valence-electron chi connectivity index (χ0n) is 31.3. The summed E-state index contributed by atoms with van der Waals surface area (Å²) in [5.41, 5.74) is 10.5. The van der Waals surface area contributed by atoms with Crippen LogP contribution >= 0.6 is 0 Å². The highest BCUT2D eigenvalue weighted by molar-refractivity contribution is 6.24. The Hall–Kier alpha value is -7.48. The lowest BCUT2D eigenvalue weighted by Crippen LogP contribution is -2.12. The monoisotopic (exact) mass is 723 g/mol. The molecule has 1 heteroatoms. The molecule has 0 heterocycles. The molecule has 0 unspecified atom stereocenters. The summed E-state index contributed by atoms with van der Waals surface area (Å²) in [6, 6.07) is 82.2. The Kier molecular flexibility index (Phi) is 7.89. The van der Waals surface area contributed by atoms with E-state index in [9.17, 15) is 0 Å². The maximum absolute atomic E-state index is 2.48. The Morgan fingerprint density at radius 2 is 0.807 bits per heavy atom. The van der Waals surface area contributed by atoms with E-state index in [-0.39, 0.29) is 0 Å². The number of fused-ring (bicyclic) bond motifs is 8. The van der Waals surface area contributed by atoms with Gasteiger partial charge in [-0.05, 0) is 107 Å². The van der Waals surface area contributed by atoms with Crippen molar-refractivity contribution in [1.82, 2.24) is 0 Å². The molecule has 0 spiro atoms. The summed E-state index contributed by atoms with van der Waals surface area (Å²) in [7, 11) is 0. The van der Waals surface area contributed by atoms with Crippen LogP contribution in [0.3, 0.4) is 0 Å². The molecule has 57 heavy (non-hydrogen) atoms. The number of benzene rings is 11. The predicted molar refractivity (Wildman–Crippen MR) is 245 cm³/mol. The summed E-state index contributed by atoms with van der Waals surface area (Å²) < 4.78 is 0. The van der Waals surface area contributed by atoms with Crippen molar-refractivity contribution in [3.05, 3.63) is 224 Å². The molecule has 0 aliphatic heterocycles. The molecule has 266 valence electrons. The zero-order chi connectivity index (χ0) is 37.7. The first-order valence-electron chi connectivity index (χ1n) is 19.7. The molecule has 0 radical (unpaired) electrons. The van der Waals surface area contributed by atoms with Crippen molar-refractivity contribution in [3.63, 3.8) is 0 Å². The Morgan fingerprint density at radius 1 is 0.246 bits per heavy atom. The predicted octanol–water partition coefficient (Wildman–Crippen LogP) is 15.9. The van der Waals surface area contributed by atoms with Crippen LogP contribution in [0, 0.1) is 0 Å². The maximum Gasteiger partial charge on any atom is 0.0546 e. The molecule has 11 aromatic carbocycles. The van der Waals surface area contributed by atoms with E-state index in [1.807, 2.05) is 0 Å². The number of para-hydroxylation sites is 1. The van der Waals surface area contributed by atoms with Crippen molar-refractivity contribution in [3.8, 4) is 33.4 Å². The topological polar surface area (TPSA) is 3.24 Å².